The van der Waals surface area contributed by atoms with Crippen LogP contribution in [0.5, 0.6) is 0 Å². The van der Waals surface area contributed by atoms with Crippen LogP contribution in [0.15, 0.2) is 36.4 Å². The van der Waals surface area contributed by atoms with Crippen molar-refractivity contribution >= 4 is 17.5 Å². The fourth-order valence-corrected chi connectivity index (χ4v) is 1.30. The summed E-state index contributed by atoms with van der Waals surface area (Å²) in [6.07, 6.45) is 3.21. The summed E-state index contributed by atoms with van der Waals surface area (Å²) in [5, 5.41) is 2.66. The second-order valence-corrected chi connectivity index (χ2v) is 4.10. The number of carbonyl (C=O) groups excluding carboxylic acids is 2. The summed E-state index contributed by atoms with van der Waals surface area (Å²) in [5.74, 6) is -0.757. The van der Waals surface area contributed by atoms with Gasteiger partial charge in [-0.1, -0.05) is 12.1 Å². The Morgan fingerprint density at radius 2 is 2.11 bits per heavy atom. The number of carbonyl (C=O) groups is 2. The van der Waals surface area contributed by atoms with Crippen molar-refractivity contribution in [2.45, 2.75) is 0 Å². The van der Waals surface area contributed by atoms with Crippen molar-refractivity contribution in [2.24, 2.45) is 5.73 Å². The van der Waals surface area contributed by atoms with E-state index >= 15 is 0 Å². The molecule has 0 saturated carbocycles. The van der Waals surface area contributed by atoms with Gasteiger partial charge in [-0.05, 0) is 32.3 Å². The lowest BCUT2D eigenvalue weighted by Crippen LogP contribution is -2.14. The van der Waals surface area contributed by atoms with Crippen LogP contribution in [0.1, 0.15) is 10.4 Å². The lowest BCUT2D eigenvalue weighted by atomic mass is 10.2. The predicted octanol–water partition coefficient (Wildman–Crippen LogP) is 0.842. The molecule has 0 aliphatic heterocycles. The van der Waals surface area contributed by atoms with Gasteiger partial charge in [-0.3, -0.25) is 9.59 Å². The molecule has 3 N–H and O–H groups in total. The quantitative estimate of drug-likeness (QED) is 0.757. The molecule has 0 bridgehead atoms. The number of rotatable bonds is 5. The highest BCUT2D eigenvalue weighted by Gasteiger charge is 2.02. The molecule has 0 fully saturated rings. The van der Waals surface area contributed by atoms with Crippen LogP contribution in [0.2, 0.25) is 0 Å². The Hall–Kier alpha value is -2.14. The smallest absolute Gasteiger partial charge is 0.248 e. The minimum atomic E-state index is -0.519. The van der Waals surface area contributed by atoms with E-state index in [9.17, 15) is 9.59 Å². The number of nitrogens with one attached hydrogen (secondary N) is 1. The Bertz CT molecular complexity index is 467. The zero-order valence-corrected chi connectivity index (χ0v) is 10.5. The molecular formula is C13H17N3O2. The molecule has 0 saturated heterocycles. The Morgan fingerprint density at radius 3 is 2.72 bits per heavy atom. The molecular weight excluding hydrogens is 230 g/mol. The average Bonchev–Trinajstić information content (AvgIpc) is 2.28. The summed E-state index contributed by atoms with van der Waals surface area (Å²) in [6.45, 7) is 0.689. The summed E-state index contributed by atoms with van der Waals surface area (Å²) in [5.41, 5.74) is 6.07. The second-order valence-electron chi connectivity index (χ2n) is 4.10. The number of benzene rings is 1. The molecule has 18 heavy (non-hydrogen) atoms. The highest BCUT2D eigenvalue weighted by molar-refractivity contribution is 6.00. The standard InChI is InChI=1S/C13H17N3O2/c1-16(2)8-4-7-12(17)15-11-6-3-5-10(9-11)13(14)18/h3-7,9H,8H2,1-2H3,(H2,14,18)(H,15,17)/b7-4+. The summed E-state index contributed by atoms with van der Waals surface area (Å²) < 4.78 is 0. The van der Waals surface area contributed by atoms with Gasteiger partial charge in [0.05, 0.1) is 0 Å². The molecule has 0 aliphatic carbocycles. The largest absolute Gasteiger partial charge is 0.366 e. The minimum absolute atomic E-state index is 0.238. The lowest BCUT2D eigenvalue weighted by Gasteiger charge is -2.05. The second kappa shape index (κ2) is 6.56. The maximum Gasteiger partial charge on any atom is 0.248 e. The monoisotopic (exact) mass is 247 g/mol. The zero-order chi connectivity index (χ0) is 13.5. The minimum Gasteiger partial charge on any atom is -0.366 e. The molecule has 1 rings (SSSR count). The molecule has 5 nitrogen and oxygen atoms in total. The maximum atomic E-state index is 11.5. The van der Waals surface area contributed by atoms with Crippen LogP contribution in [0.4, 0.5) is 5.69 Å². The molecule has 5 heteroatoms. The first-order valence-electron chi connectivity index (χ1n) is 5.51. The van der Waals surface area contributed by atoms with Gasteiger partial charge < -0.3 is 16.0 Å². The van der Waals surface area contributed by atoms with Gasteiger partial charge in [0.1, 0.15) is 0 Å². The third kappa shape index (κ3) is 4.80. The van der Waals surface area contributed by atoms with Gasteiger partial charge in [-0.2, -0.15) is 0 Å². The zero-order valence-electron chi connectivity index (χ0n) is 10.5. The third-order valence-corrected chi connectivity index (χ3v) is 2.15. The van der Waals surface area contributed by atoms with E-state index in [1.807, 2.05) is 19.0 Å². The molecule has 0 atom stereocenters. The molecule has 0 aromatic heterocycles. The van der Waals surface area contributed by atoms with Crippen molar-refractivity contribution in [2.75, 3.05) is 26.0 Å². The van der Waals surface area contributed by atoms with E-state index in [0.29, 0.717) is 17.8 Å². The Kier molecular flexibility index (Phi) is 5.07. The first-order chi connectivity index (χ1) is 8.49. The lowest BCUT2D eigenvalue weighted by molar-refractivity contribution is -0.111. The van der Waals surface area contributed by atoms with E-state index in [1.165, 1.54) is 6.08 Å². The maximum absolute atomic E-state index is 11.5. The van der Waals surface area contributed by atoms with Crippen molar-refractivity contribution in [3.63, 3.8) is 0 Å². The van der Waals surface area contributed by atoms with Crippen molar-refractivity contribution in [3.05, 3.63) is 42.0 Å². The van der Waals surface area contributed by atoms with Crippen molar-refractivity contribution < 1.29 is 9.59 Å². The molecule has 0 spiro atoms. The normalized spacial score (nSPS) is 10.8. The topological polar surface area (TPSA) is 75.4 Å². The number of nitrogens with two attached hydrogens (primary N) is 1. The number of amides is 2. The predicted molar refractivity (Wildman–Crippen MR) is 71.3 cm³/mol. The summed E-state index contributed by atoms with van der Waals surface area (Å²) in [7, 11) is 3.83. The van der Waals surface area contributed by atoms with Crippen LogP contribution < -0.4 is 11.1 Å². The van der Waals surface area contributed by atoms with E-state index in [1.54, 1.807) is 30.3 Å². The number of primary amides is 1. The van der Waals surface area contributed by atoms with Crippen LogP contribution in [0.3, 0.4) is 0 Å². The first-order valence-corrected chi connectivity index (χ1v) is 5.51. The van der Waals surface area contributed by atoms with Crippen LogP contribution in [-0.4, -0.2) is 37.4 Å². The summed E-state index contributed by atoms with van der Waals surface area (Å²) >= 11 is 0. The van der Waals surface area contributed by atoms with Gasteiger partial charge in [0, 0.05) is 23.9 Å². The number of nitrogens with zero attached hydrogens (tertiary/aromatic N) is 1. The van der Waals surface area contributed by atoms with Crippen molar-refractivity contribution in [1.82, 2.24) is 4.90 Å². The number of anilines is 1. The third-order valence-electron chi connectivity index (χ3n) is 2.15. The molecule has 0 unspecified atom stereocenters. The molecule has 2 amide bonds. The molecule has 1 aromatic rings. The van der Waals surface area contributed by atoms with E-state index in [0.717, 1.165) is 0 Å². The van der Waals surface area contributed by atoms with Crippen molar-refractivity contribution in [3.8, 4) is 0 Å². The van der Waals surface area contributed by atoms with Gasteiger partial charge >= 0.3 is 0 Å². The highest BCUT2D eigenvalue weighted by atomic mass is 16.1. The highest BCUT2D eigenvalue weighted by Crippen LogP contribution is 2.10. The van der Waals surface area contributed by atoms with Gasteiger partial charge in [-0.25, -0.2) is 0 Å². The number of hydrogen-bond donors (Lipinski definition) is 2. The molecule has 1 aromatic carbocycles. The fraction of sp³-hybridized carbons (Fsp3) is 0.231. The van der Waals surface area contributed by atoms with Gasteiger partial charge in [0.15, 0.2) is 0 Å². The molecule has 0 heterocycles. The van der Waals surface area contributed by atoms with E-state index < -0.39 is 5.91 Å². The van der Waals surface area contributed by atoms with E-state index in [-0.39, 0.29) is 5.91 Å². The molecule has 96 valence electrons. The van der Waals surface area contributed by atoms with Gasteiger partial charge in [-0.15, -0.1) is 0 Å². The van der Waals surface area contributed by atoms with Crippen LogP contribution in [-0.2, 0) is 4.79 Å². The molecule has 0 radical (unpaired) electrons. The van der Waals surface area contributed by atoms with E-state index in [2.05, 4.69) is 5.32 Å². The fourth-order valence-electron chi connectivity index (χ4n) is 1.30. The van der Waals surface area contributed by atoms with Gasteiger partial charge in [0.2, 0.25) is 11.8 Å². The van der Waals surface area contributed by atoms with Crippen LogP contribution in [0, 0.1) is 0 Å². The first kappa shape index (κ1) is 13.9. The average molecular weight is 247 g/mol. The number of likely N-dealkylation sites (N-methyl/N-ethyl adjacent to an activating group) is 1. The Morgan fingerprint density at radius 1 is 1.39 bits per heavy atom. The van der Waals surface area contributed by atoms with Crippen LogP contribution in [0.25, 0.3) is 0 Å². The summed E-state index contributed by atoms with van der Waals surface area (Å²) in [4.78, 5) is 24.5. The van der Waals surface area contributed by atoms with Crippen molar-refractivity contribution in [1.29, 1.82) is 0 Å². The number of hydrogen-bond acceptors (Lipinski definition) is 3. The molecule has 0 aliphatic rings. The Labute approximate surface area is 106 Å². The van der Waals surface area contributed by atoms with E-state index in [4.69, 9.17) is 5.73 Å². The SMILES string of the molecule is CN(C)C/C=C/C(=O)Nc1cccc(C(N)=O)c1. The van der Waals surface area contributed by atoms with Gasteiger partial charge in [0.25, 0.3) is 0 Å². The Balaban J connectivity index is 2.62. The summed E-state index contributed by atoms with van der Waals surface area (Å²) in [6, 6.07) is 6.50. The van der Waals surface area contributed by atoms with Crippen LogP contribution >= 0.6 is 0 Å².